The van der Waals surface area contributed by atoms with Crippen LogP contribution in [0.1, 0.15) is 21.4 Å². The zero-order valence-electron chi connectivity index (χ0n) is 8.51. The first-order chi connectivity index (χ1) is 7.58. The first-order valence-corrected chi connectivity index (χ1v) is 6.41. The lowest BCUT2D eigenvalue weighted by atomic mass is 10.1. The number of hydrogen-bond donors (Lipinski definition) is 0. The second kappa shape index (κ2) is 4.74. The largest absolute Gasteiger partial charge is 0.207 e. The van der Waals surface area contributed by atoms with Crippen LogP contribution in [0.5, 0.6) is 0 Å². The standard InChI is InChI=1S/C12H9Cl2FS/c1-7-4-8(6-9(15)5-7)11(14)12-10(13)2-3-16-12/h2-6,11H,1H3. The van der Waals surface area contributed by atoms with Crippen LogP contribution in [0.15, 0.2) is 29.6 Å². The van der Waals surface area contributed by atoms with Crippen molar-refractivity contribution in [2.45, 2.75) is 12.3 Å². The third-order valence-electron chi connectivity index (χ3n) is 2.23. The van der Waals surface area contributed by atoms with Gasteiger partial charge in [0.2, 0.25) is 0 Å². The number of hydrogen-bond acceptors (Lipinski definition) is 1. The van der Waals surface area contributed by atoms with Crippen LogP contribution in [0.2, 0.25) is 5.02 Å². The number of halogens is 3. The van der Waals surface area contributed by atoms with Crippen LogP contribution >= 0.6 is 34.5 Å². The second-order valence-electron chi connectivity index (χ2n) is 3.56. The summed E-state index contributed by atoms with van der Waals surface area (Å²) in [7, 11) is 0. The Morgan fingerprint density at radius 2 is 2.06 bits per heavy atom. The van der Waals surface area contributed by atoms with Crippen molar-refractivity contribution in [1.29, 1.82) is 0 Å². The summed E-state index contributed by atoms with van der Waals surface area (Å²) in [6, 6.07) is 6.59. The van der Waals surface area contributed by atoms with E-state index in [2.05, 4.69) is 0 Å². The van der Waals surface area contributed by atoms with Gasteiger partial charge in [0, 0.05) is 4.88 Å². The summed E-state index contributed by atoms with van der Waals surface area (Å²) in [6.07, 6.45) is 0. The maximum absolute atomic E-state index is 13.2. The van der Waals surface area contributed by atoms with Crippen molar-refractivity contribution in [3.8, 4) is 0 Å². The molecule has 0 aliphatic heterocycles. The fourth-order valence-electron chi connectivity index (χ4n) is 1.55. The SMILES string of the molecule is Cc1cc(F)cc(C(Cl)c2sccc2Cl)c1. The maximum atomic E-state index is 13.2. The quantitative estimate of drug-likeness (QED) is 0.663. The summed E-state index contributed by atoms with van der Waals surface area (Å²) < 4.78 is 13.2. The molecule has 0 amide bonds. The molecule has 1 aromatic heterocycles. The number of thiophene rings is 1. The van der Waals surface area contributed by atoms with E-state index in [-0.39, 0.29) is 11.2 Å². The minimum absolute atomic E-state index is 0.270. The molecule has 0 aliphatic carbocycles. The van der Waals surface area contributed by atoms with Crippen molar-refractivity contribution in [3.05, 3.63) is 56.5 Å². The van der Waals surface area contributed by atoms with Gasteiger partial charge in [-0.3, -0.25) is 0 Å². The zero-order valence-corrected chi connectivity index (χ0v) is 10.8. The Morgan fingerprint density at radius 1 is 1.31 bits per heavy atom. The van der Waals surface area contributed by atoms with Crippen LogP contribution in [0, 0.1) is 12.7 Å². The predicted molar refractivity (Wildman–Crippen MR) is 68.2 cm³/mol. The summed E-state index contributed by atoms with van der Waals surface area (Å²) >= 11 is 13.8. The van der Waals surface area contributed by atoms with Gasteiger partial charge in [-0.2, -0.15) is 0 Å². The molecule has 0 radical (unpaired) electrons. The van der Waals surface area contributed by atoms with Crippen molar-refractivity contribution < 1.29 is 4.39 Å². The Morgan fingerprint density at radius 3 is 2.62 bits per heavy atom. The highest BCUT2D eigenvalue weighted by molar-refractivity contribution is 7.11. The van der Waals surface area contributed by atoms with E-state index in [9.17, 15) is 4.39 Å². The van der Waals surface area contributed by atoms with E-state index in [0.29, 0.717) is 5.02 Å². The van der Waals surface area contributed by atoms with E-state index in [1.165, 1.54) is 23.5 Å². The van der Waals surface area contributed by atoms with Crippen molar-refractivity contribution in [2.75, 3.05) is 0 Å². The number of alkyl halides is 1. The lowest BCUT2D eigenvalue weighted by Gasteiger charge is -2.09. The van der Waals surface area contributed by atoms with Crippen LogP contribution in [0.25, 0.3) is 0 Å². The summed E-state index contributed by atoms with van der Waals surface area (Å²) in [5.74, 6) is -0.270. The molecule has 84 valence electrons. The summed E-state index contributed by atoms with van der Waals surface area (Å²) in [6.45, 7) is 1.84. The summed E-state index contributed by atoms with van der Waals surface area (Å²) in [5.41, 5.74) is 1.59. The molecule has 16 heavy (non-hydrogen) atoms. The van der Waals surface area contributed by atoms with Gasteiger partial charge in [0.15, 0.2) is 0 Å². The molecule has 0 saturated carbocycles. The van der Waals surface area contributed by atoms with E-state index < -0.39 is 0 Å². The van der Waals surface area contributed by atoms with E-state index in [0.717, 1.165) is 16.0 Å². The molecule has 4 heteroatoms. The van der Waals surface area contributed by atoms with Crippen molar-refractivity contribution in [3.63, 3.8) is 0 Å². The monoisotopic (exact) mass is 274 g/mol. The third-order valence-corrected chi connectivity index (χ3v) is 4.26. The lowest BCUT2D eigenvalue weighted by molar-refractivity contribution is 0.624. The maximum Gasteiger partial charge on any atom is 0.123 e. The molecule has 2 rings (SSSR count). The van der Waals surface area contributed by atoms with Crippen LogP contribution in [0.3, 0.4) is 0 Å². The lowest BCUT2D eigenvalue weighted by Crippen LogP contribution is -1.93. The molecule has 1 heterocycles. The minimum Gasteiger partial charge on any atom is -0.207 e. The smallest absolute Gasteiger partial charge is 0.123 e. The number of rotatable bonds is 2. The fourth-order valence-corrected chi connectivity index (χ4v) is 3.17. The zero-order chi connectivity index (χ0) is 11.7. The van der Waals surface area contributed by atoms with Crippen LogP contribution in [-0.4, -0.2) is 0 Å². The van der Waals surface area contributed by atoms with Crippen molar-refractivity contribution in [1.82, 2.24) is 0 Å². The first kappa shape index (κ1) is 11.9. The van der Waals surface area contributed by atoms with Gasteiger partial charge >= 0.3 is 0 Å². The topological polar surface area (TPSA) is 0 Å². The number of aryl methyl sites for hydroxylation is 1. The van der Waals surface area contributed by atoms with E-state index in [1.54, 1.807) is 6.07 Å². The summed E-state index contributed by atoms with van der Waals surface area (Å²) in [4.78, 5) is 0.855. The highest BCUT2D eigenvalue weighted by Gasteiger charge is 2.16. The van der Waals surface area contributed by atoms with E-state index in [4.69, 9.17) is 23.2 Å². The van der Waals surface area contributed by atoms with Crippen LogP contribution in [-0.2, 0) is 0 Å². The molecule has 1 aromatic carbocycles. The Labute approximate surface area is 108 Å². The molecule has 0 bridgehead atoms. The van der Waals surface area contributed by atoms with Gasteiger partial charge in [-0.1, -0.05) is 17.7 Å². The van der Waals surface area contributed by atoms with Gasteiger partial charge in [0.05, 0.1) is 10.4 Å². The number of benzene rings is 1. The van der Waals surface area contributed by atoms with Gasteiger partial charge < -0.3 is 0 Å². The molecular weight excluding hydrogens is 266 g/mol. The Kier molecular flexibility index (Phi) is 3.53. The normalized spacial score (nSPS) is 12.8. The average Bonchev–Trinajstić information content (AvgIpc) is 2.62. The van der Waals surface area contributed by atoms with E-state index in [1.807, 2.05) is 18.4 Å². The third kappa shape index (κ3) is 2.40. The molecule has 2 aromatic rings. The van der Waals surface area contributed by atoms with Gasteiger partial charge in [0.1, 0.15) is 5.82 Å². The second-order valence-corrected chi connectivity index (χ2v) is 5.35. The van der Waals surface area contributed by atoms with Gasteiger partial charge in [-0.15, -0.1) is 22.9 Å². The van der Waals surface area contributed by atoms with Gasteiger partial charge in [-0.05, 0) is 41.6 Å². The van der Waals surface area contributed by atoms with Crippen molar-refractivity contribution >= 4 is 34.5 Å². The molecule has 1 unspecified atom stereocenters. The highest BCUT2D eigenvalue weighted by atomic mass is 35.5. The molecular formula is C12H9Cl2FS. The molecule has 0 N–H and O–H groups in total. The predicted octanol–water partition coefficient (Wildman–Crippen LogP) is 5.18. The minimum atomic E-state index is -0.387. The van der Waals surface area contributed by atoms with E-state index >= 15 is 0 Å². The average molecular weight is 275 g/mol. The highest BCUT2D eigenvalue weighted by Crippen LogP contribution is 2.37. The van der Waals surface area contributed by atoms with Crippen molar-refractivity contribution in [2.24, 2.45) is 0 Å². The van der Waals surface area contributed by atoms with Crippen LogP contribution < -0.4 is 0 Å². The molecule has 0 spiro atoms. The Bertz CT molecular complexity index is 487. The first-order valence-electron chi connectivity index (χ1n) is 4.72. The van der Waals surface area contributed by atoms with Gasteiger partial charge in [0.25, 0.3) is 0 Å². The molecule has 0 aliphatic rings. The molecule has 0 saturated heterocycles. The Hall–Kier alpha value is -0.570. The van der Waals surface area contributed by atoms with Gasteiger partial charge in [-0.25, -0.2) is 4.39 Å². The fraction of sp³-hybridized carbons (Fsp3) is 0.167. The molecule has 1 atom stereocenters. The summed E-state index contributed by atoms with van der Waals surface area (Å²) in [5, 5.41) is 2.12. The molecule has 0 nitrogen and oxygen atoms in total. The molecule has 0 fully saturated rings. The Balaban J connectivity index is 2.41. The van der Waals surface area contributed by atoms with Crippen LogP contribution in [0.4, 0.5) is 4.39 Å².